The number of aryl methyl sites for hydroxylation is 1. The van der Waals surface area contributed by atoms with Gasteiger partial charge in [0.05, 0.1) is 11.2 Å². The van der Waals surface area contributed by atoms with Crippen LogP contribution >= 0.6 is 0 Å². The molecule has 0 saturated heterocycles. The molecule has 94 valence electrons. The van der Waals surface area contributed by atoms with Gasteiger partial charge in [-0.05, 0) is 30.2 Å². The van der Waals surface area contributed by atoms with Gasteiger partial charge in [-0.3, -0.25) is 4.55 Å². The zero-order chi connectivity index (χ0) is 13.3. The Kier molecular flexibility index (Phi) is 3.70. The molecule has 0 radical (unpaired) electrons. The molecule has 0 spiro atoms. The first-order chi connectivity index (χ1) is 7.59. The van der Waals surface area contributed by atoms with E-state index in [1.807, 2.05) is 0 Å². The number of sulfonamides is 1. The molecule has 1 aromatic rings. The lowest BCUT2D eigenvalue weighted by molar-refractivity contribution is 0.483. The van der Waals surface area contributed by atoms with Gasteiger partial charge < -0.3 is 0 Å². The Balaban J connectivity index is 3.31. The third-order valence-corrected chi connectivity index (χ3v) is 3.27. The number of hydrogen-bond acceptors (Lipinski definition) is 4. The summed E-state index contributed by atoms with van der Waals surface area (Å²) in [4.78, 5) is -0.307. The SMILES string of the molecule is Cc1ccc(S(=O)(=O)O)cc1/C=N/S(C)(=O)=O. The van der Waals surface area contributed by atoms with Crippen molar-refractivity contribution >= 4 is 26.4 Å². The van der Waals surface area contributed by atoms with Crippen molar-refractivity contribution in [2.75, 3.05) is 6.26 Å². The number of rotatable bonds is 3. The van der Waals surface area contributed by atoms with Crippen molar-refractivity contribution in [2.24, 2.45) is 4.40 Å². The molecule has 1 rings (SSSR count). The molecule has 0 aliphatic rings. The van der Waals surface area contributed by atoms with Gasteiger partial charge in [0.15, 0.2) is 0 Å². The van der Waals surface area contributed by atoms with Gasteiger partial charge in [-0.2, -0.15) is 12.8 Å². The summed E-state index contributed by atoms with van der Waals surface area (Å²) < 4.78 is 55.6. The monoisotopic (exact) mass is 277 g/mol. The van der Waals surface area contributed by atoms with Crippen molar-refractivity contribution < 1.29 is 21.4 Å². The van der Waals surface area contributed by atoms with Gasteiger partial charge in [-0.15, -0.1) is 0 Å². The summed E-state index contributed by atoms with van der Waals surface area (Å²) in [7, 11) is -7.84. The van der Waals surface area contributed by atoms with Crippen LogP contribution in [0.1, 0.15) is 11.1 Å². The van der Waals surface area contributed by atoms with Gasteiger partial charge in [-0.1, -0.05) is 6.07 Å². The van der Waals surface area contributed by atoms with Crippen molar-refractivity contribution in [1.82, 2.24) is 0 Å². The van der Waals surface area contributed by atoms with Gasteiger partial charge in [-0.25, -0.2) is 8.42 Å². The normalized spacial score (nSPS) is 13.1. The smallest absolute Gasteiger partial charge is 0.282 e. The van der Waals surface area contributed by atoms with Crippen LogP contribution in [0.4, 0.5) is 0 Å². The van der Waals surface area contributed by atoms with Crippen LogP contribution in [0.5, 0.6) is 0 Å². The van der Waals surface area contributed by atoms with Crippen LogP contribution in [0.2, 0.25) is 0 Å². The summed E-state index contributed by atoms with van der Waals surface area (Å²) in [6.45, 7) is 1.66. The van der Waals surface area contributed by atoms with Crippen LogP contribution in [-0.2, 0) is 20.1 Å². The molecule has 0 bridgehead atoms. The second-order valence-corrected chi connectivity index (χ2v) is 6.56. The first-order valence-corrected chi connectivity index (χ1v) is 7.72. The van der Waals surface area contributed by atoms with Crippen molar-refractivity contribution in [3.05, 3.63) is 29.3 Å². The minimum atomic E-state index is -4.31. The predicted molar refractivity (Wildman–Crippen MR) is 63.4 cm³/mol. The molecule has 0 aromatic heterocycles. The molecule has 1 N–H and O–H groups in total. The molecule has 0 saturated carbocycles. The van der Waals surface area contributed by atoms with E-state index in [0.29, 0.717) is 11.1 Å². The average molecular weight is 277 g/mol. The Morgan fingerprint density at radius 1 is 1.24 bits per heavy atom. The minimum absolute atomic E-state index is 0.307. The van der Waals surface area contributed by atoms with E-state index < -0.39 is 20.1 Å². The van der Waals surface area contributed by atoms with E-state index >= 15 is 0 Å². The fourth-order valence-corrected chi connectivity index (χ4v) is 1.89. The van der Waals surface area contributed by atoms with E-state index in [1.165, 1.54) is 12.1 Å². The van der Waals surface area contributed by atoms with E-state index in [0.717, 1.165) is 18.5 Å². The molecule has 8 heteroatoms. The summed E-state index contributed by atoms with van der Waals surface area (Å²) in [5, 5.41) is 0. The van der Waals surface area contributed by atoms with Gasteiger partial charge in [0.25, 0.3) is 10.1 Å². The first kappa shape index (κ1) is 13.8. The van der Waals surface area contributed by atoms with Crippen LogP contribution in [0.3, 0.4) is 0 Å². The second kappa shape index (κ2) is 4.55. The molecule has 0 atom stereocenters. The fourth-order valence-electron chi connectivity index (χ4n) is 1.07. The lowest BCUT2D eigenvalue weighted by atomic mass is 10.1. The molecule has 0 unspecified atom stereocenters. The lowest BCUT2D eigenvalue weighted by Gasteiger charge is -2.02. The summed E-state index contributed by atoms with van der Waals surface area (Å²) >= 11 is 0. The van der Waals surface area contributed by atoms with Crippen molar-refractivity contribution in [3.8, 4) is 0 Å². The van der Waals surface area contributed by atoms with Crippen LogP contribution in [0.25, 0.3) is 0 Å². The fraction of sp³-hybridized carbons (Fsp3) is 0.222. The van der Waals surface area contributed by atoms with Crippen molar-refractivity contribution in [3.63, 3.8) is 0 Å². The maximum atomic E-state index is 10.9. The topological polar surface area (TPSA) is 101 Å². The molecular weight excluding hydrogens is 266 g/mol. The highest BCUT2D eigenvalue weighted by Crippen LogP contribution is 2.14. The van der Waals surface area contributed by atoms with Gasteiger partial charge in [0, 0.05) is 6.21 Å². The molecule has 0 aliphatic heterocycles. The average Bonchev–Trinajstić information content (AvgIpc) is 2.13. The van der Waals surface area contributed by atoms with Crippen LogP contribution in [-0.4, -0.2) is 33.9 Å². The van der Waals surface area contributed by atoms with E-state index in [2.05, 4.69) is 4.40 Å². The predicted octanol–water partition coefficient (Wildman–Crippen LogP) is 0.620. The maximum Gasteiger partial charge on any atom is 0.294 e. The Morgan fingerprint density at radius 3 is 2.29 bits per heavy atom. The molecule has 0 aliphatic carbocycles. The molecule has 0 amide bonds. The highest BCUT2D eigenvalue weighted by molar-refractivity contribution is 7.89. The Bertz CT molecular complexity index is 659. The van der Waals surface area contributed by atoms with Crippen LogP contribution < -0.4 is 0 Å². The molecule has 0 fully saturated rings. The van der Waals surface area contributed by atoms with E-state index in [4.69, 9.17) is 4.55 Å². The molecule has 0 heterocycles. The van der Waals surface area contributed by atoms with E-state index in [1.54, 1.807) is 6.92 Å². The van der Waals surface area contributed by atoms with Gasteiger partial charge in [0.2, 0.25) is 10.0 Å². The van der Waals surface area contributed by atoms with Gasteiger partial charge in [0.1, 0.15) is 0 Å². The summed E-state index contributed by atoms with van der Waals surface area (Å²) in [6.07, 6.45) is 1.96. The number of benzene rings is 1. The largest absolute Gasteiger partial charge is 0.294 e. The Morgan fingerprint density at radius 2 is 1.82 bits per heavy atom. The third kappa shape index (κ3) is 4.25. The summed E-state index contributed by atoms with van der Waals surface area (Å²) in [5.41, 5.74) is 0.954. The maximum absolute atomic E-state index is 10.9. The minimum Gasteiger partial charge on any atom is -0.282 e. The Hall–Kier alpha value is -1.25. The molecule has 17 heavy (non-hydrogen) atoms. The highest BCUT2D eigenvalue weighted by Gasteiger charge is 2.10. The first-order valence-electron chi connectivity index (χ1n) is 4.43. The van der Waals surface area contributed by atoms with E-state index in [9.17, 15) is 16.8 Å². The van der Waals surface area contributed by atoms with Gasteiger partial charge >= 0.3 is 0 Å². The standard InChI is InChI=1S/C9H11NO5S2/c1-7-3-4-9(17(13,14)15)5-8(7)6-10-16(2,11)12/h3-6H,1-2H3,(H,13,14,15)/b10-6+. The second-order valence-electron chi connectivity index (χ2n) is 3.46. The van der Waals surface area contributed by atoms with Crippen molar-refractivity contribution in [2.45, 2.75) is 11.8 Å². The summed E-state index contributed by atoms with van der Waals surface area (Å²) in [6, 6.07) is 3.83. The molecular formula is C9H11NO5S2. The quantitative estimate of drug-likeness (QED) is 0.644. The van der Waals surface area contributed by atoms with Crippen molar-refractivity contribution in [1.29, 1.82) is 0 Å². The van der Waals surface area contributed by atoms with Crippen LogP contribution in [0.15, 0.2) is 27.5 Å². The Labute approximate surface area is 99.8 Å². The highest BCUT2D eigenvalue weighted by atomic mass is 32.2. The summed E-state index contributed by atoms with van der Waals surface area (Å²) in [5.74, 6) is 0. The zero-order valence-corrected chi connectivity index (χ0v) is 10.8. The zero-order valence-electron chi connectivity index (χ0n) is 9.15. The molecule has 6 nitrogen and oxygen atoms in total. The van der Waals surface area contributed by atoms with E-state index in [-0.39, 0.29) is 4.90 Å². The lowest BCUT2D eigenvalue weighted by Crippen LogP contribution is -2.00. The third-order valence-electron chi connectivity index (χ3n) is 1.93. The number of hydrogen-bond donors (Lipinski definition) is 1. The molecule has 1 aromatic carbocycles. The van der Waals surface area contributed by atoms with Crippen LogP contribution in [0, 0.1) is 6.92 Å². The number of nitrogens with zero attached hydrogens (tertiary/aromatic N) is 1.